The number of hydrogen-bond donors (Lipinski definition) is 0. The number of rotatable bonds is 2. The Morgan fingerprint density at radius 1 is 1.31 bits per heavy atom. The van der Waals surface area contributed by atoms with E-state index in [1.807, 2.05) is 0 Å². The van der Waals surface area contributed by atoms with Gasteiger partial charge in [0.1, 0.15) is 0 Å². The summed E-state index contributed by atoms with van der Waals surface area (Å²) in [5.41, 5.74) is 0.0291. The van der Waals surface area contributed by atoms with Crippen LogP contribution in [0.25, 0.3) is 0 Å². The van der Waals surface area contributed by atoms with Crippen LogP contribution in [0.1, 0.15) is 51.4 Å². The van der Waals surface area contributed by atoms with Gasteiger partial charge in [0.05, 0.1) is 30.0 Å². The van der Waals surface area contributed by atoms with Gasteiger partial charge in [0.2, 0.25) is 0 Å². The first-order chi connectivity index (χ1) is 7.82. The molecule has 1 saturated carbocycles. The van der Waals surface area contributed by atoms with Gasteiger partial charge in [-0.15, -0.1) is 0 Å². The van der Waals surface area contributed by atoms with Crippen molar-refractivity contribution >= 4 is 0 Å². The van der Waals surface area contributed by atoms with Gasteiger partial charge in [0.25, 0.3) is 0 Å². The van der Waals surface area contributed by atoms with Crippen LogP contribution < -0.4 is 0 Å². The number of nitriles is 1. The molecule has 3 nitrogen and oxygen atoms in total. The molecule has 2 heterocycles. The summed E-state index contributed by atoms with van der Waals surface area (Å²) in [7, 11) is 0. The Kier molecular flexibility index (Phi) is 2.65. The monoisotopic (exact) mass is 221 g/mol. The summed E-state index contributed by atoms with van der Waals surface area (Å²) in [5.74, 6) is 0. The maximum atomic E-state index is 8.63. The van der Waals surface area contributed by atoms with E-state index in [-0.39, 0.29) is 5.60 Å². The van der Waals surface area contributed by atoms with Crippen molar-refractivity contribution in [3.8, 4) is 6.07 Å². The van der Waals surface area contributed by atoms with Crippen molar-refractivity contribution in [2.75, 3.05) is 0 Å². The van der Waals surface area contributed by atoms with Gasteiger partial charge >= 0.3 is 0 Å². The summed E-state index contributed by atoms with van der Waals surface area (Å²) in [6.07, 6.45) is 9.54. The minimum Gasteiger partial charge on any atom is -0.372 e. The van der Waals surface area contributed by atoms with Crippen molar-refractivity contribution in [1.82, 2.24) is 0 Å². The average molecular weight is 221 g/mol. The van der Waals surface area contributed by atoms with E-state index in [1.165, 1.54) is 12.8 Å². The molecule has 4 atom stereocenters. The molecule has 16 heavy (non-hydrogen) atoms. The number of nitrogens with zero attached hydrogens (tertiary/aromatic N) is 1. The minimum absolute atomic E-state index is 0.0291. The van der Waals surface area contributed by atoms with Crippen LogP contribution in [0, 0.1) is 11.3 Å². The fraction of sp³-hybridized carbons (Fsp3) is 0.923. The van der Waals surface area contributed by atoms with Crippen molar-refractivity contribution < 1.29 is 9.47 Å². The fourth-order valence-corrected chi connectivity index (χ4v) is 3.65. The summed E-state index contributed by atoms with van der Waals surface area (Å²) in [6.45, 7) is 0. The lowest BCUT2D eigenvalue weighted by Crippen LogP contribution is -2.48. The van der Waals surface area contributed by atoms with Gasteiger partial charge in [-0.2, -0.15) is 5.26 Å². The van der Waals surface area contributed by atoms with Crippen LogP contribution in [0.15, 0.2) is 0 Å². The molecule has 2 saturated heterocycles. The molecule has 88 valence electrons. The van der Waals surface area contributed by atoms with E-state index in [0.29, 0.717) is 24.7 Å². The number of ether oxygens (including phenoxy) is 2. The van der Waals surface area contributed by atoms with Gasteiger partial charge in [-0.25, -0.2) is 0 Å². The van der Waals surface area contributed by atoms with E-state index < -0.39 is 0 Å². The highest BCUT2D eigenvalue weighted by Crippen LogP contribution is 2.49. The van der Waals surface area contributed by atoms with Gasteiger partial charge in [-0.3, -0.25) is 0 Å². The summed E-state index contributed by atoms with van der Waals surface area (Å²) in [5, 5.41) is 8.63. The van der Waals surface area contributed by atoms with Crippen LogP contribution in [0.5, 0.6) is 0 Å². The normalized spacial score (nSPS) is 46.1. The van der Waals surface area contributed by atoms with Crippen molar-refractivity contribution in [2.45, 2.75) is 75.3 Å². The van der Waals surface area contributed by atoms with Gasteiger partial charge in [0, 0.05) is 12.8 Å². The number of fused-ring (bicyclic) bond motifs is 1. The first kappa shape index (κ1) is 10.6. The van der Waals surface area contributed by atoms with E-state index in [1.54, 1.807) is 0 Å². The van der Waals surface area contributed by atoms with Crippen molar-refractivity contribution in [1.29, 1.82) is 5.26 Å². The molecule has 2 bridgehead atoms. The topological polar surface area (TPSA) is 42.2 Å². The third-order valence-corrected chi connectivity index (χ3v) is 4.37. The molecule has 1 spiro atoms. The first-order valence-corrected chi connectivity index (χ1v) is 6.53. The molecule has 0 aromatic heterocycles. The Morgan fingerprint density at radius 3 is 3.12 bits per heavy atom. The maximum absolute atomic E-state index is 8.63. The molecule has 0 radical (unpaired) electrons. The summed E-state index contributed by atoms with van der Waals surface area (Å²) in [4.78, 5) is 0. The zero-order chi connectivity index (χ0) is 11.0. The van der Waals surface area contributed by atoms with E-state index >= 15 is 0 Å². The second kappa shape index (κ2) is 4.01. The largest absolute Gasteiger partial charge is 0.372 e. The maximum Gasteiger partial charge on any atom is 0.0971 e. The molecule has 3 unspecified atom stereocenters. The smallest absolute Gasteiger partial charge is 0.0971 e. The van der Waals surface area contributed by atoms with Gasteiger partial charge in [-0.05, 0) is 38.5 Å². The lowest BCUT2D eigenvalue weighted by molar-refractivity contribution is -0.166. The third kappa shape index (κ3) is 1.65. The average Bonchev–Trinajstić information content (AvgIpc) is 2.55. The van der Waals surface area contributed by atoms with Crippen LogP contribution in [0.3, 0.4) is 0 Å². The molecule has 3 rings (SSSR count). The Bertz CT molecular complexity index is 312. The molecule has 3 fully saturated rings. The second-order valence-electron chi connectivity index (χ2n) is 5.42. The van der Waals surface area contributed by atoms with Crippen LogP contribution >= 0.6 is 0 Å². The first-order valence-electron chi connectivity index (χ1n) is 6.53. The molecule has 2 aliphatic heterocycles. The molecule has 0 aromatic carbocycles. The predicted octanol–water partition coefficient (Wildman–Crippen LogP) is 2.55. The highest BCUT2D eigenvalue weighted by molar-refractivity contribution is 5.04. The Morgan fingerprint density at radius 2 is 2.25 bits per heavy atom. The summed E-state index contributed by atoms with van der Waals surface area (Å²) >= 11 is 0. The van der Waals surface area contributed by atoms with E-state index in [0.717, 1.165) is 32.1 Å². The molecule has 1 aliphatic carbocycles. The summed E-state index contributed by atoms with van der Waals surface area (Å²) < 4.78 is 12.3. The predicted molar refractivity (Wildman–Crippen MR) is 58.8 cm³/mol. The van der Waals surface area contributed by atoms with Gasteiger partial charge in [0.15, 0.2) is 0 Å². The van der Waals surface area contributed by atoms with Crippen LogP contribution in [0.4, 0.5) is 0 Å². The quantitative estimate of drug-likeness (QED) is 0.719. The highest BCUT2D eigenvalue weighted by atomic mass is 16.6. The SMILES string of the molecule is N#CCC[C@H]1CCC2OC3CCCC2(C3)O1. The van der Waals surface area contributed by atoms with Crippen molar-refractivity contribution in [2.24, 2.45) is 0 Å². The Hall–Kier alpha value is -0.590. The van der Waals surface area contributed by atoms with Crippen molar-refractivity contribution in [3.63, 3.8) is 0 Å². The lowest BCUT2D eigenvalue weighted by atomic mass is 9.78. The van der Waals surface area contributed by atoms with E-state index in [9.17, 15) is 0 Å². The van der Waals surface area contributed by atoms with Gasteiger partial charge < -0.3 is 9.47 Å². The van der Waals surface area contributed by atoms with Gasteiger partial charge in [-0.1, -0.05) is 0 Å². The second-order valence-corrected chi connectivity index (χ2v) is 5.42. The van der Waals surface area contributed by atoms with Crippen LogP contribution in [0.2, 0.25) is 0 Å². The molecule has 0 amide bonds. The highest BCUT2D eigenvalue weighted by Gasteiger charge is 2.54. The Balaban J connectivity index is 1.69. The van der Waals surface area contributed by atoms with E-state index in [4.69, 9.17) is 14.7 Å². The minimum atomic E-state index is 0.0291. The molecular formula is C13H19NO2. The lowest BCUT2D eigenvalue weighted by Gasteiger charge is -2.42. The zero-order valence-electron chi connectivity index (χ0n) is 9.65. The standard InChI is InChI=1S/C13H19NO2/c14-8-2-4-10-5-6-12-13(16-10)7-1-3-11(9-13)15-12/h10-12H,1-7,9H2/t10-,11?,12?,13?/m0/s1. The van der Waals surface area contributed by atoms with Crippen LogP contribution in [-0.4, -0.2) is 23.9 Å². The van der Waals surface area contributed by atoms with Crippen molar-refractivity contribution in [3.05, 3.63) is 0 Å². The summed E-state index contributed by atoms with van der Waals surface area (Å²) in [6, 6.07) is 2.22. The Labute approximate surface area is 96.7 Å². The molecule has 0 aromatic rings. The fourth-order valence-electron chi connectivity index (χ4n) is 3.65. The third-order valence-electron chi connectivity index (χ3n) is 4.37. The van der Waals surface area contributed by atoms with E-state index in [2.05, 4.69) is 6.07 Å². The molecular weight excluding hydrogens is 202 g/mol. The number of hydrogen-bond acceptors (Lipinski definition) is 3. The molecule has 0 N–H and O–H groups in total. The molecule has 3 aliphatic rings. The zero-order valence-corrected chi connectivity index (χ0v) is 9.65. The molecule has 3 heteroatoms. The van der Waals surface area contributed by atoms with Crippen LogP contribution in [-0.2, 0) is 9.47 Å².